The normalized spacial score (nSPS) is 22.6. The molecule has 104 valence electrons. The molecular weight excluding hydrogens is 226 g/mol. The van der Waals surface area contributed by atoms with E-state index in [-0.39, 0.29) is 0 Å². The van der Waals surface area contributed by atoms with Gasteiger partial charge in [-0.2, -0.15) is 0 Å². The van der Waals surface area contributed by atoms with Crippen LogP contribution in [0, 0.1) is 5.92 Å². The fourth-order valence-electron chi connectivity index (χ4n) is 3.10. The van der Waals surface area contributed by atoms with Gasteiger partial charge >= 0.3 is 0 Å². The minimum Gasteiger partial charge on any atom is -0.340 e. The van der Waals surface area contributed by atoms with E-state index in [1.54, 1.807) is 0 Å². The van der Waals surface area contributed by atoms with Crippen molar-refractivity contribution in [1.29, 1.82) is 0 Å². The Morgan fingerprint density at radius 3 is 2.33 bits per heavy atom. The summed E-state index contributed by atoms with van der Waals surface area (Å²) >= 11 is 0. The molecule has 2 fully saturated rings. The maximum Gasteiger partial charge on any atom is 0.225 e. The number of carbonyl (C=O) groups is 1. The number of carbonyl (C=O) groups excluding carboxylic acids is 1. The topological polar surface area (TPSA) is 49.6 Å². The van der Waals surface area contributed by atoms with Gasteiger partial charge in [-0.3, -0.25) is 9.69 Å². The lowest BCUT2D eigenvalue weighted by Gasteiger charge is -2.36. The van der Waals surface area contributed by atoms with Crippen molar-refractivity contribution in [2.75, 3.05) is 39.3 Å². The maximum atomic E-state index is 12.3. The molecular formula is C14H27N3O. The number of unbranched alkanes of at least 4 members (excludes halogenated alkanes) is 1. The van der Waals surface area contributed by atoms with Gasteiger partial charge < -0.3 is 10.6 Å². The van der Waals surface area contributed by atoms with Gasteiger partial charge in [-0.1, -0.05) is 12.8 Å². The van der Waals surface area contributed by atoms with Crippen molar-refractivity contribution < 1.29 is 4.79 Å². The molecule has 2 N–H and O–H groups in total. The van der Waals surface area contributed by atoms with Gasteiger partial charge in [0.15, 0.2) is 0 Å². The van der Waals surface area contributed by atoms with E-state index in [2.05, 4.69) is 9.80 Å². The Bertz CT molecular complexity index is 256. The van der Waals surface area contributed by atoms with Crippen LogP contribution in [0.15, 0.2) is 0 Å². The first-order valence-corrected chi connectivity index (χ1v) is 7.52. The molecule has 0 aromatic rings. The highest BCUT2D eigenvalue weighted by Crippen LogP contribution is 2.26. The molecule has 0 aromatic carbocycles. The van der Waals surface area contributed by atoms with Crippen molar-refractivity contribution in [1.82, 2.24) is 9.80 Å². The minimum atomic E-state index is 0.341. The van der Waals surface area contributed by atoms with Crippen LogP contribution in [0.2, 0.25) is 0 Å². The van der Waals surface area contributed by atoms with Crippen molar-refractivity contribution in [3.05, 3.63) is 0 Å². The molecule has 2 aliphatic rings. The number of nitrogens with zero attached hydrogens (tertiary/aromatic N) is 2. The lowest BCUT2D eigenvalue weighted by Crippen LogP contribution is -2.50. The Morgan fingerprint density at radius 2 is 1.72 bits per heavy atom. The summed E-state index contributed by atoms with van der Waals surface area (Å²) in [5.41, 5.74) is 5.50. The zero-order valence-corrected chi connectivity index (χ0v) is 11.4. The van der Waals surface area contributed by atoms with E-state index in [1.165, 1.54) is 19.3 Å². The molecule has 0 spiro atoms. The van der Waals surface area contributed by atoms with Gasteiger partial charge in [0, 0.05) is 32.1 Å². The second-order valence-corrected chi connectivity index (χ2v) is 5.64. The first-order chi connectivity index (χ1) is 8.81. The number of amides is 1. The van der Waals surface area contributed by atoms with Gasteiger partial charge in [-0.25, -0.2) is 0 Å². The first-order valence-electron chi connectivity index (χ1n) is 7.52. The van der Waals surface area contributed by atoms with Crippen LogP contribution in [0.25, 0.3) is 0 Å². The van der Waals surface area contributed by atoms with Crippen LogP contribution in [-0.4, -0.2) is 55.0 Å². The predicted octanol–water partition coefficient (Wildman–Crippen LogP) is 1.06. The molecule has 0 unspecified atom stereocenters. The highest BCUT2D eigenvalue weighted by molar-refractivity contribution is 5.79. The summed E-state index contributed by atoms with van der Waals surface area (Å²) in [5, 5.41) is 0. The van der Waals surface area contributed by atoms with E-state index < -0.39 is 0 Å². The van der Waals surface area contributed by atoms with E-state index in [9.17, 15) is 4.79 Å². The van der Waals surface area contributed by atoms with E-state index >= 15 is 0 Å². The molecule has 2 rings (SSSR count). The van der Waals surface area contributed by atoms with Crippen LogP contribution in [0.4, 0.5) is 0 Å². The highest BCUT2D eigenvalue weighted by atomic mass is 16.2. The standard InChI is InChI=1S/C14H27N3O/c15-7-3-4-8-16-9-11-17(12-10-16)14(18)13-5-1-2-6-13/h13H,1-12,15H2. The lowest BCUT2D eigenvalue weighted by molar-refractivity contribution is -0.137. The van der Waals surface area contributed by atoms with Crippen LogP contribution in [0.3, 0.4) is 0 Å². The largest absolute Gasteiger partial charge is 0.340 e. The molecule has 0 radical (unpaired) electrons. The third kappa shape index (κ3) is 3.69. The van der Waals surface area contributed by atoms with Crippen LogP contribution in [0.5, 0.6) is 0 Å². The molecule has 0 aromatic heterocycles. The second-order valence-electron chi connectivity index (χ2n) is 5.64. The molecule has 0 bridgehead atoms. The van der Waals surface area contributed by atoms with E-state index in [4.69, 9.17) is 5.73 Å². The Balaban J connectivity index is 1.67. The van der Waals surface area contributed by atoms with E-state index in [0.29, 0.717) is 11.8 Å². The third-order valence-electron chi connectivity index (χ3n) is 4.32. The zero-order valence-electron chi connectivity index (χ0n) is 11.4. The zero-order chi connectivity index (χ0) is 12.8. The van der Waals surface area contributed by atoms with Gasteiger partial charge in [0.2, 0.25) is 5.91 Å². The highest BCUT2D eigenvalue weighted by Gasteiger charge is 2.29. The smallest absolute Gasteiger partial charge is 0.225 e. The number of hydrogen-bond acceptors (Lipinski definition) is 3. The molecule has 1 saturated carbocycles. The summed E-state index contributed by atoms with van der Waals surface area (Å²) in [6, 6.07) is 0. The molecule has 0 atom stereocenters. The fraction of sp³-hybridized carbons (Fsp3) is 0.929. The van der Waals surface area contributed by atoms with Gasteiger partial charge in [0.25, 0.3) is 0 Å². The molecule has 4 heteroatoms. The number of piperazine rings is 1. The van der Waals surface area contributed by atoms with Crippen molar-refractivity contribution in [2.45, 2.75) is 38.5 Å². The third-order valence-corrected chi connectivity index (χ3v) is 4.32. The van der Waals surface area contributed by atoms with Crippen LogP contribution >= 0.6 is 0 Å². The molecule has 1 aliphatic heterocycles. The van der Waals surface area contributed by atoms with Crippen LogP contribution < -0.4 is 5.73 Å². The van der Waals surface area contributed by atoms with Crippen molar-refractivity contribution in [3.63, 3.8) is 0 Å². The van der Waals surface area contributed by atoms with E-state index in [1.807, 2.05) is 0 Å². The molecule has 1 aliphatic carbocycles. The summed E-state index contributed by atoms with van der Waals surface area (Å²) in [7, 11) is 0. The van der Waals surface area contributed by atoms with Crippen molar-refractivity contribution in [2.24, 2.45) is 11.7 Å². The lowest BCUT2D eigenvalue weighted by atomic mass is 10.1. The quantitative estimate of drug-likeness (QED) is 0.745. The summed E-state index contributed by atoms with van der Waals surface area (Å²) < 4.78 is 0. The van der Waals surface area contributed by atoms with Crippen LogP contribution in [0.1, 0.15) is 38.5 Å². The first kappa shape index (κ1) is 13.8. The Kier molecular flexibility index (Phi) is 5.45. The van der Waals surface area contributed by atoms with Gasteiger partial charge in [0.05, 0.1) is 0 Å². The molecule has 1 heterocycles. The number of nitrogens with two attached hydrogens (primary N) is 1. The van der Waals surface area contributed by atoms with Gasteiger partial charge in [-0.15, -0.1) is 0 Å². The Labute approximate surface area is 110 Å². The fourth-order valence-corrected chi connectivity index (χ4v) is 3.10. The SMILES string of the molecule is NCCCCN1CCN(C(=O)C2CCCC2)CC1. The molecule has 18 heavy (non-hydrogen) atoms. The summed E-state index contributed by atoms with van der Waals surface area (Å²) in [5.74, 6) is 0.767. The molecule has 1 amide bonds. The summed E-state index contributed by atoms with van der Waals surface area (Å²) in [4.78, 5) is 16.8. The molecule has 4 nitrogen and oxygen atoms in total. The molecule has 1 saturated heterocycles. The second kappa shape index (κ2) is 7.10. The van der Waals surface area contributed by atoms with Crippen molar-refractivity contribution in [3.8, 4) is 0 Å². The monoisotopic (exact) mass is 253 g/mol. The average Bonchev–Trinajstić information content (AvgIpc) is 2.93. The number of rotatable bonds is 5. The Hall–Kier alpha value is -0.610. The number of hydrogen-bond donors (Lipinski definition) is 1. The Morgan fingerprint density at radius 1 is 1.06 bits per heavy atom. The summed E-state index contributed by atoms with van der Waals surface area (Å²) in [6.07, 6.45) is 7.03. The van der Waals surface area contributed by atoms with Gasteiger partial charge in [-0.05, 0) is 38.8 Å². The maximum absolute atomic E-state index is 12.3. The summed E-state index contributed by atoms with van der Waals surface area (Å²) in [6.45, 7) is 5.88. The van der Waals surface area contributed by atoms with Gasteiger partial charge in [0.1, 0.15) is 0 Å². The van der Waals surface area contributed by atoms with Crippen LogP contribution in [-0.2, 0) is 4.79 Å². The van der Waals surface area contributed by atoms with Crippen molar-refractivity contribution >= 4 is 5.91 Å². The minimum absolute atomic E-state index is 0.341. The average molecular weight is 253 g/mol. The van der Waals surface area contributed by atoms with E-state index in [0.717, 1.165) is 58.5 Å². The predicted molar refractivity (Wildman–Crippen MR) is 73.3 cm³/mol.